The minimum absolute atomic E-state index is 0.114. The number of carbonyl (C=O) groups is 2. The van der Waals surface area contributed by atoms with Crippen LogP contribution in [0.2, 0.25) is 0 Å². The zero-order valence-corrected chi connectivity index (χ0v) is 13.1. The van der Waals surface area contributed by atoms with Crippen molar-refractivity contribution < 1.29 is 19.4 Å². The lowest BCUT2D eigenvalue weighted by Crippen LogP contribution is -2.47. The molecule has 1 aliphatic carbocycles. The van der Waals surface area contributed by atoms with E-state index in [4.69, 9.17) is 9.84 Å². The molecule has 1 rings (SSSR count). The Hall–Kier alpha value is -1.30. The van der Waals surface area contributed by atoms with Crippen molar-refractivity contribution in [2.75, 3.05) is 13.7 Å². The van der Waals surface area contributed by atoms with Gasteiger partial charge in [-0.3, -0.25) is 4.79 Å². The molecule has 6 nitrogen and oxygen atoms in total. The number of hydrogen-bond donors (Lipinski definition) is 3. The molecule has 0 bridgehead atoms. The summed E-state index contributed by atoms with van der Waals surface area (Å²) in [6.07, 6.45) is 6.45. The number of carboxylic acid groups (broad SMARTS) is 1. The number of ether oxygens (including phenoxy) is 1. The molecular weight excluding hydrogens is 272 g/mol. The van der Waals surface area contributed by atoms with Crippen LogP contribution in [0.4, 0.5) is 4.79 Å². The summed E-state index contributed by atoms with van der Waals surface area (Å²) in [4.78, 5) is 22.6. The molecule has 0 aromatic carbocycles. The van der Waals surface area contributed by atoms with Crippen molar-refractivity contribution >= 4 is 12.0 Å². The third kappa shape index (κ3) is 6.80. The molecule has 0 saturated heterocycles. The van der Waals surface area contributed by atoms with E-state index in [-0.39, 0.29) is 25.0 Å². The lowest BCUT2D eigenvalue weighted by molar-refractivity contribution is -0.139. The maximum Gasteiger partial charge on any atom is 0.315 e. The number of rotatable bonds is 8. The molecule has 3 N–H and O–H groups in total. The van der Waals surface area contributed by atoms with E-state index in [0.29, 0.717) is 5.92 Å². The average Bonchev–Trinajstić information content (AvgIpc) is 2.49. The highest BCUT2D eigenvalue weighted by Gasteiger charge is 2.24. The predicted molar refractivity (Wildman–Crippen MR) is 80.2 cm³/mol. The van der Waals surface area contributed by atoms with Crippen molar-refractivity contribution in [1.82, 2.24) is 10.6 Å². The molecular formula is C15H28N2O4. The molecule has 0 spiro atoms. The smallest absolute Gasteiger partial charge is 0.315 e. The van der Waals surface area contributed by atoms with Crippen LogP contribution in [0.5, 0.6) is 0 Å². The van der Waals surface area contributed by atoms with Crippen molar-refractivity contribution in [1.29, 1.82) is 0 Å². The summed E-state index contributed by atoms with van der Waals surface area (Å²) in [5, 5.41) is 14.4. The Labute approximate surface area is 126 Å². The fraction of sp³-hybridized carbons (Fsp3) is 0.867. The van der Waals surface area contributed by atoms with E-state index in [9.17, 15) is 9.59 Å². The molecule has 0 heterocycles. The van der Waals surface area contributed by atoms with Crippen LogP contribution in [0.25, 0.3) is 0 Å². The first-order chi connectivity index (χ1) is 10.1. The first-order valence-electron chi connectivity index (χ1n) is 7.85. The van der Waals surface area contributed by atoms with E-state index in [0.717, 1.165) is 6.42 Å². The Morgan fingerprint density at radius 3 is 2.48 bits per heavy atom. The van der Waals surface area contributed by atoms with Crippen LogP contribution in [0.1, 0.15) is 51.9 Å². The van der Waals surface area contributed by atoms with Crippen LogP contribution in [0, 0.1) is 5.92 Å². The Bertz CT molecular complexity index is 330. The fourth-order valence-corrected chi connectivity index (χ4v) is 2.95. The minimum Gasteiger partial charge on any atom is -0.481 e. The van der Waals surface area contributed by atoms with Gasteiger partial charge in [-0.25, -0.2) is 4.79 Å². The second kappa shape index (κ2) is 9.60. The van der Waals surface area contributed by atoms with Crippen molar-refractivity contribution in [3.8, 4) is 0 Å². The number of aliphatic carboxylic acids is 1. The summed E-state index contributed by atoms with van der Waals surface area (Å²) >= 11 is 0. The highest BCUT2D eigenvalue weighted by molar-refractivity contribution is 5.74. The molecule has 1 aliphatic rings. The van der Waals surface area contributed by atoms with Crippen LogP contribution in [0.3, 0.4) is 0 Å². The quantitative estimate of drug-likeness (QED) is 0.641. The minimum atomic E-state index is -0.933. The predicted octanol–water partition coefficient (Wildman–Crippen LogP) is 2.13. The van der Waals surface area contributed by atoms with Crippen molar-refractivity contribution in [3.63, 3.8) is 0 Å². The van der Waals surface area contributed by atoms with Gasteiger partial charge < -0.3 is 20.5 Å². The first-order valence-corrected chi connectivity index (χ1v) is 7.85. The number of methoxy groups -OCH3 is 1. The third-order valence-electron chi connectivity index (χ3n) is 4.20. The number of carboxylic acids is 1. The van der Waals surface area contributed by atoms with E-state index in [1.54, 1.807) is 0 Å². The Balaban J connectivity index is 2.34. The molecule has 1 fully saturated rings. The van der Waals surface area contributed by atoms with Gasteiger partial charge in [0.25, 0.3) is 0 Å². The van der Waals surface area contributed by atoms with E-state index >= 15 is 0 Å². The highest BCUT2D eigenvalue weighted by Crippen LogP contribution is 2.27. The van der Waals surface area contributed by atoms with Crippen LogP contribution in [-0.2, 0) is 9.53 Å². The van der Waals surface area contributed by atoms with Gasteiger partial charge in [0, 0.05) is 19.7 Å². The zero-order chi connectivity index (χ0) is 15.7. The van der Waals surface area contributed by atoms with E-state index in [1.807, 2.05) is 0 Å². The first kappa shape index (κ1) is 17.8. The molecule has 2 atom stereocenters. The normalized spacial score (nSPS) is 18.8. The summed E-state index contributed by atoms with van der Waals surface area (Å²) in [5.41, 5.74) is 0. The molecule has 0 aromatic rings. The number of hydrogen-bond acceptors (Lipinski definition) is 3. The summed E-state index contributed by atoms with van der Waals surface area (Å²) in [6.45, 7) is 2.29. The number of carbonyl (C=O) groups excluding carboxylic acids is 1. The van der Waals surface area contributed by atoms with Crippen molar-refractivity contribution in [2.45, 2.75) is 64.0 Å². The lowest BCUT2D eigenvalue weighted by atomic mass is 9.83. The molecule has 21 heavy (non-hydrogen) atoms. The van der Waals surface area contributed by atoms with Gasteiger partial charge in [-0.1, -0.05) is 26.2 Å². The highest BCUT2D eigenvalue weighted by atomic mass is 16.5. The molecule has 0 radical (unpaired) electrons. The largest absolute Gasteiger partial charge is 0.481 e. The Morgan fingerprint density at radius 1 is 1.29 bits per heavy atom. The van der Waals surface area contributed by atoms with Gasteiger partial charge in [0.05, 0.1) is 12.5 Å². The van der Waals surface area contributed by atoms with Crippen LogP contribution in [-0.4, -0.2) is 42.9 Å². The maximum atomic E-state index is 11.9. The van der Waals surface area contributed by atoms with Gasteiger partial charge in [0.15, 0.2) is 0 Å². The fourth-order valence-electron chi connectivity index (χ4n) is 2.95. The summed E-state index contributed by atoms with van der Waals surface area (Å²) in [6, 6.07) is -0.0365. The second-order valence-electron chi connectivity index (χ2n) is 5.72. The van der Waals surface area contributed by atoms with Crippen molar-refractivity contribution in [3.05, 3.63) is 0 Å². The number of nitrogens with one attached hydrogen (secondary N) is 2. The lowest BCUT2D eigenvalue weighted by Gasteiger charge is -2.30. The van der Waals surface area contributed by atoms with E-state index in [1.165, 1.54) is 39.2 Å². The standard InChI is InChI=1S/C15H28N2O4/c1-3-13(11-7-5-4-6-8-11)17-15(20)16-10-12(21-2)9-14(18)19/h11-13H,3-10H2,1-2H3,(H,18,19)(H2,16,17,20). The molecule has 6 heteroatoms. The van der Waals surface area contributed by atoms with Gasteiger partial charge in [0.1, 0.15) is 0 Å². The van der Waals surface area contributed by atoms with Crippen LogP contribution < -0.4 is 10.6 Å². The van der Waals surface area contributed by atoms with Gasteiger partial charge in [-0.2, -0.15) is 0 Å². The zero-order valence-electron chi connectivity index (χ0n) is 13.1. The molecule has 1 saturated carbocycles. The third-order valence-corrected chi connectivity index (χ3v) is 4.20. The van der Waals surface area contributed by atoms with Crippen LogP contribution >= 0.6 is 0 Å². The maximum absolute atomic E-state index is 11.9. The van der Waals surface area contributed by atoms with E-state index in [2.05, 4.69) is 17.6 Å². The number of amides is 2. The van der Waals surface area contributed by atoms with Gasteiger partial charge in [-0.15, -0.1) is 0 Å². The molecule has 2 unspecified atom stereocenters. The monoisotopic (exact) mass is 300 g/mol. The average molecular weight is 300 g/mol. The SMILES string of the molecule is CCC(NC(=O)NCC(CC(=O)O)OC)C1CCCCC1. The topological polar surface area (TPSA) is 87.7 Å². The van der Waals surface area contributed by atoms with E-state index < -0.39 is 12.1 Å². The van der Waals surface area contributed by atoms with Crippen LogP contribution in [0.15, 0.2) is 0 Å². The molecule has 0 aromatic heterocycles. The molecule has 122 valence electrons. The molecule has 0 aliphatic heterocycles. The summed E-state index contributed by atoms with van der Waals surface area (Å²) in [7, 11) is 1.45. The van der Waals surface area contributed by atoms with Crippen molar-refractivity contribution in [2.24, 2.45) is 5.92 Å². The summed E-state index contributed by atoms with van der Waals surface area (Å²) < 4.78 is 5.04. The second-order valence-corrected chi connectivity index (χ2v) is 5.72. The number of urea groups is 1. The Morgan fingerprint density at radius 2 is 1.95 bits per heavy atom. The van der Waals surface area contributed by atoms with Gasteiger partial charge in [-0.05, 0) is 25.2 Å². The summed E-state index contributed by atoms with van der Waals surface area (Å²) in [5.74, 6) is -0.371. The Kier molecular flexibility index (Phi) is 8.12. The van der Waals surface area contributed by atoms with Gasteiger partial charge in [0.2, 0.25) is 0 Å². The molecule has 2 amide bonds. The van der Waals surface area contributed by atoms with Gasteiger partial charge >= 0.3 is 12.0 Å².